The van der Waals surface area contributed by atoms with Crippen molar-refractivity contribution in [3.63, 3.8) is 0 Å². The summed E-state index contributed by atoms with van der Waals surface area (Å²) in [5.74, 6) is -0.728. The third-order valence-electron chi connectivity index (χ3n) is 5.54. The van der Waals surface area contributed by atoms with Crippen LogP contribution in [0, 0.1) is 0 Å². The number of aliphatic carboxylic acids is 1. The van der Waals surface area contributed by atoms with Crippen LogP contribution in [0.5, 0.6) is 0 Å². The van der Waals surface area contributed by atoms with E-state index in [1.54, 1.807) is 0 Å². The van der Waals surface area contributed by atoms with Crippen molar-refractivity contribution in [2.24, 2.45) is 0 Å². The van der Waals surface area contributed by atoms with Gasteiger partial charge in [0.2, 0.25) is 0 Å². The molecule has 0 spiro atoms. The van der Waals surface area contributed by atoms with Crippen LogP contribution in [0.3, 0.4) is 0 Å². The van der Waals surface area contributed by atoms with Gasteiger partial charge < -0.3 is 9.84 Å². The number of carbonyl (C=O) groups is 1. The van der Waals surface area contributed by atoms with Crippen LogP contribution < -0.4 is 0 Å². The van der Waals surface area contributed by atoms with Gasteiger partial charge in [-0.1, -0.05) is 78.1 Å². The van der Waals surface area contributed by atoms with Crippen LogP contribution in [0.1, 0.15) is 97.8 Å². The van der Waals surface area contributed by atoms with E-state index in [2.05, 4.69) is 18.7 Å². The van der Waals surface area contributed by atoms with Crippen molar-refractivity contribution >= 4 is 5.97 Å². The van der Waals surface area contributed by atoms with Crippen LogP contribution in [-0.2, 0) is 9.53 Å². The lowest BCUT2D eigenvalue weighted by atomic mass is 9.96. The first kappa shape index (κ1) is 22.4. The molecule has 148 valence electrons. The Morgan fingerprint density at radius 1 is 1.00 bits per heavy atom. The molecule has 0 radical (unpaired) electrons. The van der Waals surface area contributed by atoms with Crippen LogP contribution in [-0.4, -0.2) is 47.3 Å². The first-order valence-electron chi connectivity index (χ1n) is 10.7. The first-order chi connectivity index (χ1) is 12.1. The van der Waals surface area contributed by atoms with Gasteiger partial charge in [0.25, 0.3) is 0 Å². The molecule has 0 aliphatic carbocycles. The van der Waals surface area contributed by atoms with Gasteiger partial charge in [0.05, 0.1) is 12.7 Å². The molecule has 1 saturated heterocycles. The summed E-state index contributed by atoms with van der Waals surface area (Å²) >= 11 is 0. The molecule has 0 saturated carbocycles. The first-order valence-corrected chi connectivity index (χ1v) is 10.7. The number of nitrogens with zero attached hydrogens (tertiary/aromatic N) is 1. The Bertz CT molecular complexity index is 334. The van der Waals surface area contributed by atoms with Crippen LogP contribution >= 0.6 is 0 Å². The molecule has 4 nitrogen and oxygen atoms in total. The quantitative estimate of drug-likeness (QED) is 0.432. The molecular formula is C21H41NO3. The number of ether oxygens (including phenoxy) is 1. The predicted molar refractivity (Wildman–Crippen MR) is 104 cm³/mol. The second kappa shape index (κ2) is 13.6. The molecule has 0 aromatic carbocycles. The van der Waals surface area contributed by atoms with Crippen molar-refractivity contribution in [1.29, 1.82) is 0 Å². The molecule has 1 heterocycles. The third-order valence-corrected chi connectivity index (χ3v) is 5.54. The monoisotopic (exact) mass is 355 g/mol. The largest absolute Gasteiger partial charge is 0.480 e. The Balaban J connectivity index is 2.58. The fourth-order valence-corrected chi connectivity index (χ4v) is 4.04. The summed E-state index contributed by atoms with van der Waals surface area (Å²) in [6, 6.07) is -0.0827. The molecule has 25 heavy (non-hydrogen) atoms. The fraction of sp³-hybridized carbons (Fsp3) is 0.952. The minimum absolute atomic E-state index is 0.214. The summed E-state index contributed by atoms with van der Waals surface area (Å²) in [5.41, 5.74) is 0. The Labute approximate surface area is 155 Å². The Kier molecular flexibility index (Phi) is 12.2. The molecule has 1 N–H and O–H groups in total. The molecule has 2 atom stereocenters. The SMILES string of the molecule is CCCCCCCC(CCCCCCC)N1CCO[C@H](C)[C@H]1C(=O)O. The summed E-state index contributed by atoms with van der Waals surface area (Å²) in [6.45, 7) is 7.81. The van der Waals surface area contributed by atoms with E-state index in [0.717, 1.165) is 19.4 Å². The molecule has 1 aliphatic rings. The second-order valence-electron chi connectivity index (χ2n) is 7.66. The molecule has 0 amide bonds. The zero-order valence-electron chi connectivity index (χ0n) is 16.8. The molecule has 1 aliphatic heterocycles. The predicted octanol–water partition coefficient (Wildman–Crippen LogP) is 5.25. The molecule has 4 heteroatoms. The highest BCUT2D eigenvalue weighted by Gasteiger charge is 2.38. The summed E-state index contributed by atoms with van der Waals surface area (Å²) in [7, 11) is 0. The molecule has 1 fully saturated rings. The number of hydrogen-bond acceptors (Lipinski definition) is 3. The normalized spacial score (nSPS) is 21.8. The van der Waals surface area contributed by atoms with Gasteiger partial charge in [0.15, 0.2) is 0 Å². The van der Waals surface area contributed by atoms with Crippen molar-refractivity contribution in [3.05, 3.63) is 0 Å². The van der Waals surface area contributed by atoms with Crippen molar-refractivity contribution in [2.75, 3.05) is 13.2 Å². The van der Waals surface area contributed by atoms with Crippen LogP contribution in [0.25, 0.3) is 0 Å². The summed E-state index contributed by atoms with van der Waals surface area (Å²) in [5, 5.41) is 9.69. The zero-order valence-corrected chi connectivity index (χ0v) is 16.8. The number of rotatable bonds is 14. The molecule has 0 aromatic rings. The van der Waals surface area contributed by atoms with Crippen LogP contribution in [0.2, 0.25) is 0 Å². The van der Waals surface area contributed by atoms with E-state index in [0.29, 0.717) is 12.6 Å². The number of morpholine rings is 1. The molecule has 0 bridgehead atoms. The van der Waals surface area contributed by atoms with E-state index in [1.165, 1.54) is 64.2 Å². The van der Waals surface area contributed by atoms with Crippen molar-refractivity contribution in [2.45, 2.75) is 116 Å². The number of carboxylic acids is 1. The van der Waals surface area contributed by atoms with Gasteiger partial charge in [-0.2, -0.15) is 0 Å². The van der Waals surface area contributed by atoms with Crippen molar-refractivity contribution in [3.8, 4) is 0 Å². The lowest BCUT2D eigenvalue weighted by molar-refractivity contribution is -0.159. The van der Waals surface area contributed by atoms with Gasteiger partial charge in [-0.25, -0.2) is 0 Å². The highest BCUT2D eigenvalue weighted by Crippen LogP contribution is 2.25. The lowest BCUT2D eigenvalue weighted by Crippen LogP contribution is -2.57. The summed E-state index contributed by atoms with van der Waals surface area (Å²) in [4.78, 5) is 14.0. The zero-order chi connectivity index (χ0) is 18.5. The third kappa shape index (κ3) is 8.54. The van der Waals surface area contributed by atoms with Crippen LogP contribution in [0.15, 0.2) is 0 Å². The Morgan fingerprint density at radius 3 is 2.00 bits per heavy atom. The minimum Gasteiger partial charge on any atom is -0.480 e. The maximum atomic E-state index is 11.8. The smallest absolute Gasteiger partial charge is 0.323 e. The van der Waals surface area contributed by atoms with Gasteiger partial charge in [0.1, 0.15) is 6.04 Å². The number of carboxylic acid groups (broad SMARTS) is 1. The van der Waals surface area contributed by atoms with E-state index < -0.39 is 12.0 Å². The summed E-state index contributed by atoms with van der Waals surface area (Å²) < 4.78 is 5.62. The van der Waals surface area contributed by atoms with E-state index in [1.807, 2.05) is 6.92 Å². The molecular weight excluding hydrogens is 314 g/mol. The molecule has 0 unspecified atom stereocenters. The average Bonchev–Trinajstić information content (AvgIpc) is 2.59. The fourth-order valence-electron chi connectivity index (χ4n) is 4.04. The van der Waals surface area contributed by atoms with E-state index >= 15 is 0 Å². The van der Waals surface area contributed by atoms with Gasteiger partial charge >= 0.3 is 5.97 Å². The number of unbranched alkanes of at least 4 members (excludes halogenated alkanes) is 8. The van der Waals surface area contributed by atoms with Crippen LogP contribution in [0.4, 0.5) is 0 Å². The topological polar surface area (TPSA) is 49.8 Å². The molecule has 1 rings (SSSR count). The maximum absolute atomic E-state index is 11.8. The van der Waals surface area contributed by atoms with Gasteiger partial charge in [-0.3, -0.25) is 9.69 Å². The van der Waals surface area contributed by atoms with Gasteiger partial charge in [-0.05, 0) is 19.8 Å². The van der Waals surface area contributed by atoms with Gasteiger partial charge in [-0.15, -0.1) is 0 Å². The Morgan fingerprint density at radius 2 is 1.52 bits per heavy atom. The van der Waals surface area contributed by atoms with E-state index in [4.69, 9.17) is 4.74 Å². The highest BCUT2D eigenvalue weighted by molar-refractivity contribution is 5.74. The van der Waals surface area contributed by atoms with E-state index in [9.17, 15) is 9.90 Å². The number of hydrogen-bond donors (Lipinski definition) is 1. The Hall–Kier alpha value is -0.610. The highest BCUT2D eigenvalue weighted by atomic mass is 16.5. The standard InChI is InChI=1S/C21H41NO3/c1-4-6-8-10-12-14-19(15-13-11-9-7-5-2)22-16-17-25-18(3)20(22)21(23)24/h18-20H,4-17H2,1-3H3,(H,23,24)/t18-,20+/m1/s1. The van der Waals surface area contributed by atoms with E-state index in [-0.39, 0.29) is 6.10 Å². The summed E-state index contributed by atoms with van der Waals surface area (Å²) in [6.07, 6.45) is 14.8. The minimum atomic E-state index is -0.728. The second-order valence-corrected chi connectivity index (χ2v) is 7.66. The molecule has 0 aromatic heterocycles. The van der Waals surface area contributed by atoms with Crippen molar-refractivity contribution in [1.82, 2.24) is 4.90 Å². The average molecular weight is 356 g/mol. The van der Waals surface area contributed by atoms with Crippen molar-refractivity contribution < 1.29 is 14.6 Å². The van der Waals surface area contributed by atoms with Gasteiger partial charge in [0, 0.05) is 12.6 Å². The maximum Gasteiger partial charge on any atom is 0.323 e. The lowest BCUT2D eigenvalue weighted by Gasteiger charge is -2.42.